The van der Waals surface area contributed by atoms with Crippen molar-refractivity contribution in [3.05, 3.63) is 0 Å². The predicted molar refractivity (Wildman–Crippen MR) is 88.4 cm³/mol. The van der Waals surface area contributed by atoms with Crippen LogP contribution in [0.15, 0.2) is 0 Å². The van der Waals surface area contributed by atoms with Gasteiger partial charge in [-0.1, -0.05) is 33.1 Å². The Kier molecular flexibility index (Phi) is 8.51. The lowest BCUT2D eigenvalue weighted by Gasteiger charge is -2.27. The van der Waals surface area contributed by atoms with Crippen molar-refractivity contribution in [2.45, 2.75) is 78.7 Å². The summed E-state index contributed by atoms with van der Waals surface area (Å²) in [5.74, 6) is 1.31. The standard InChI is InChI=1S/C18H33NO3/c1-13(2)6-5-7-15-8-10-16(11-9-15)18(21)19-12-17(20)22-14(3)4/h13-16H,5-12H2,1-4H3,(H,19,21)/t15-,16-. The Bertz CT molecular complexity index is 344. The summed E-state index contributed by atoms with van der Waals surface area (Å²) in [4.78, 5) is 23.5. The normalized spacial score (nSPS) is 21.9. The van der Waals surface area contributed by atoms with Gasteiger partial charge in [0.15, 0.2) is 0 Å². The Morgan fingerprint density at radius 2 is 1.73 bits per heavy atom. The maximum atomic E-state index is 12.1. The van der Waals surface area contributed by atoms with Crippen molar-refractivity contribution in [3.8, 4) is 0 Å². The second kappa shape index (κ2) is 9.86. The van der Waals surface area contributed by atoms with Crippen molar-refractivity contribution in [2.75, 3.05) is 6.54 Å². The zero-order valence-corrected chi connectivity index (χ0v) is 14.7. The minimum atomic E-state index is -0.356. The van der Waals surface area contributed by atoms with Crippen LogP contribution in [0.25, 0.3) is 0 Å². The van der Waals surface area contributed by atoms with Crippen LogP contribution in [0.2, 0.25) is 0 Å². The average molecular weight is 311 g/mol. The summed E-state index contributed by atoms with van der Waals surface area (Å²) in [5.41, 5.74) is 0. The van der Waals surface area contributed by atoms with Crippen LogP contribution in [0.4, 0.5) is 0 Å². The van der Waals surface area contributed by atoms with E-state index in [0.717, 1.165) is 37.5 Å². The zero-order chi connectivity index (χ0) is 16.5. The Balaban J connectivity index is 2.18. The highest BCUT2D eigenvalue weighted by Gasteiger charge is 2.26. The Morgan fingerprint density at radius 3 is 2.27 bits per heavy atom. The van der Waals surface area contributed by atoms with Crippen LogP contribution in [0, 0.1) is 17.8 Å². The van der Waals surface area contributed by atoms with Gasteiger partial charge < -0.3 is 10.1 Å². The van der Waals surface area contributed by atoms with Gasteiger partial charge in [-0.05, 0) is 51.4 Å². The van der Waals surface area contributed by atoms with Gasteiger partial charge in [0, 0.05) is 5.92 Å². The molecule has 0 radical (unpaired) electrons. The van der Waals surface area contributed by atoms with E-state index < -0.39 is 0 Å². The minimum Gasteiger partial charge on any atom is -0.462 e. The summed E-state index contributed by atoms with van der Waals surface area (Å²) >= 11 is 0. The van der Waals surface area contributed by atoms with Crippen LogP contribution >= 0.6 is 0 Å². The summed E-state index contributed by atoms with van der Waals surface area (Å²) in [6.45, 7) is 8.14. The molecular weight excluding hydrogens is 278 g/mol. The predicted octanol–water partition coefficient (Wildman–Crippen LogP) is 3.69. The number of hydrogen-bond acceptors (Lipinski definition) is 3. The van der Waals surface area contributed by atoms with Crippen LogP contribution in [0.5, 0.6) is 0 Å². The van der Waals surface area contributed by atoms with Crippen LogP contribution in [-0.2, 0) is 14.3 Å². The Labute approximate surface area is 135 Å². The van der Waals surface area contributed by atoms with E-state index in [1.165, 1.54) is 19.3 Å². The molecule has 1 N–H and O–H groups in total. The average Bonchev–Trinajstić information content (AvgIpc) is 2.44. The third kappa shape index (κ3) is 7.81. The molecule has 0 spiro atoms. The van der Waals surface area contributed by atoms with Crippen LogP contribution in [0.1, 0.15) is 72.6 Å². The van der Waals surface area contributed by atoms with E-state index >= 15 is 0 Å². The molecule has 0 heterocycles. The highest BCUT2D eigenvalue weighted by Crippen LogP contribution is 2.32. The van der Waals surface area contributed by atoms with Crippen molar-refractivity contribution < 1.29 is 14.3 Å². The first-order chi connectivity index (χ1) is 10.4. The molecule has 0 aromatic carbocycles. The first-order valence-corrected chi connectivity index (χ1v) is 8.85. The lowest BCUT2D eigenvalue weighted by molar-refractivity contribution is -0.147. The molecule has 22 heavy (non-hydrogen) atoms. The number of carbonyl (C=O) groups excluding carboxylic acids is 2. The summed E-state index contributed by atoms with van der Waals surface area (Å²) in [5, 5.41) is 2.72. The number of amides is 1. The molecule has 128 valence electrons. The van der Waals surface area contributed by atoms with Crippen LogP contribution < -0.4 is 5.32 Å². The topological polar surface area (TPSA) is 55.4 Å². The SMILES string of the molecule is CC(C)CCC[C@H]1CC[C@H](C(=O)NCC(=O)OC(C)C)CC1. The van der Waals surface area contributed by atoms with Gasteiger partial charge in [-0.2, -0.15) is 0 Å². The molecule has 1 amide bonds. The maximum absolute atomic E-state index is 12.1. The van der Waals surface area contributed by atoms with Crippen LogP contribution in [-0.4, -0.2) is 24.5 Å². The third-order valence-corrected chi connectivity index (χ3v) is 4.39. The monoisotopic (exact) mass is 311 g/mol. The quantitative estimate of drug-likeness (QED) is 0.696. The van der Waals surface area contributed by atoms with Crippen molar-refractivity contribution in [1.82, 2.24) is 5.32 Å². The van der Waals surface area contributed by atoms with Gasteiger partial charge in [-0.25, -0.2) is 0 Å². The number of ether oxygens (including phenoxy) is 1. The van der Waals surface area contributed by atoms with Gasteiger partial charge in [0.25, 0.3) is 0 Å². The highest BCUT2D eigenvalue weighted by molar-refractivity contribution is 5.83. The van der Waals surface area contributed by atoms with Crippen molar-refractivity contribution in [2.24, 2.45) is 17.8 Å². The minimum absolute atomic E-state index is 0.00860. The zero-order valence-electron chi connectivity index (χ0n) is 14.7. The second-order valence-corrected chi connectivity index (χ2v) is 7.30. The molecule has 1 aliphatic carbocycles. The smallest absolute Gasteiger partial charge is 0.325 e. The Hall–Kier alpha value is -1.06. The van der Waals surface area contributed by atoms with E-state index in [4.69, 9.17) is 4.74 Å². The van der Waals surface area contributed by atoms with E-state index in [0.29, 0.717) is 0 Å². The molecule has 0 aliphatic heterocycles. The fourth-order valence-corrected chi connectivity index (χ4v) is 3.14. The lowest BCUT2D eigenvalue weighted by Crippen LogP contribution is -2.37. The molecule has 0 atom stereocenters. The highest BCUT2D eigenvalue weighted by atomic mass is 16.5. The molecule has 0 saturated heterocycles. The van der Waals surface area contributed by atoms with Gasteiger partial charge >= 0.3 is 5.97 Å². The molecule has 1 fully saturated rings. The van der Waals surface area contributed by atoms with Crippen LogP contribution in [0.3, 0.4) is 0 Å². The first-order valence-electron chi connectivity index (χ1n) is 8.85. The summed E-state index contributed by atoms with van der Waals surface area (Å²) < 4.78 is 5.01. The van der Waals surface area contributed by atoms with E-state index in [2.05, 4.69) is 19.2 Å². The molecule has 1 aliphatic rings. The van der Waals surface area contributed by atoms with Crippen molar-refractivity contribution in [1.29, 1.82) is 0 Å². The molecule has 0 unspecified atom stereocenters. The summed E-state index contributed by atoms with van der Waals surface area (Å²) in [6.07, 6.45) is 7.98. The number of carbonyl (C=O) groups is 2. The van der Waals surface area contributed by atoms with Crippen molar-refractivity contribution >= 4 is 11.9 Å². The van der Waals surface area contributed by atoms with E-state index in [9.17, 15) is 9.59 Å². The number of rotatable bonds is 8. The third-order valence-electron chi connectivity index (χ3n) is 4.39. The fraction of sp³-hybridized carbons (Fsp3) is 0.889. The lowest BCUT2D eigenvalue weighted by atomic mass is 9.79. The first kappa shape index (κ1) is 19.0. The van der Waals surface area contributed by atoms with Gasteiger partial charge in [0.05, 0.1) is 6.10 Å². The molecule has 1 saturated carbocycles. The molecule has 0 bridgehead atoms. The summed E-state index contributed by atoms with van der Waals surface area (Å²) in [6, 6.07) is 0. The van der Waals surface area contributed by atoms with Gasteiger partial charge in [0.2, 0.25) is 5.91 Å². The van der Waals surface area contributed by atoms with E-state index in [-0.39, 0.29) is 30.4 Å². The molecular formula is C18H33NO3. The molecule has 4 nitrogen and oxygen atoms in total. The fourth-order valence-electron chi connectivity index (χ4n) is 3.14. The number of esters is 1. The van der Waals surface area contributed by atoms with Crippen molar-refractivity contribution in [3.63, 3.8) is 0 Å². The number of nitrogens with one attached hydrogen (secondary N) is 1. The van der Waals surface area contributed by atoms with E-state index in [1.54, 1.807) is 13.8 Å². The molecule has 0 aromatic rings. The Morgan fingerprint density at radius 1 is 1.09 bits per heavy atom. The molecule has 1 rings (SSSR count). The summed E-state index contributed by atoms with van der Waals surface area (Å²) in [7, 11) is 0. The maximum Gasteiger partial charge on any atom is 0.325 e. The van der Waals surface area contributed by atoms with Gasteiger partial charge in [-0.15, -0.1) is 0 Å². The molecule has 4 heteroatoms. The second-order valence-electron chi connectivity index (χ2n) is 7.30. The largest absolute Gasteiger partial charge is 0.462 e. The van der Waals surface area contributed by atoms with Gasteiger partial charge in [-0.3, -0.25) is 9.59 Å². The number of hydrogen-bond donors (Lipinski definition) is 1. The van der Waals surface area contributed by atoms with Gasteiger partial charge in [0.1, 0.15) is 6.54 Å². The van der Waals surface area contributed by atoms with E-state index in [1.807, 2.05) is 0 Å². The molecule has 0 aromatic heterocycles.